The molecule has 19 heavy (non-hydrogen) atoms. The minimum absolute atomic E-state index is 0.490. The smallest absolute Gasteiger partial charge is 0.0349 e. The Morgan fingerprint density at radius 3 is 2.84 bits per heavy atom. The van der Waals surface area contributed by atoms with E-state index in [9.17, 15) is 0 Å². The molecule has 0 bridgehead atoms. The first-order valence-corrected chi connectivity index (χ1v) is 8.39. The maximum atomic E-state index is 3.64. The zero-order valence-corrected chi connectivity index (χ0v) is 13.3. The van der Waals surface area contributed by atoms with Gasteiger partial charge in [-0.05, 0) is 48.6 Å². The van der Waals surface area contributed by atoms with Crippen LogP contribution in [0.25, 0.3) is 10.4 Å². The number of fused-ring (bicyclic) bond motifs is 2. The van der Waals surface area contributed by atoms with Crippen molar-refractivity contribution >= 4 is 27.3 Å². The first kappa shape index (κ1) is 12.1. The molecule has 0 atom stereocenters. The molecule has 1 aliphatic carbocycles. The average molecular weight is 334 g/mol. The van der Waals surface area contributed by atoms with Gasteiger partial charge in [-0.15, -0.1) is 11.3 Å². The molecule has 1 nitrogen and oxygen atoms in total. The monoisotopic (exact) mass is 333 g/mol. The van der Waals surface area contributed by atoms with Crippen molar-refractivity contribution in [2.24, 2.45) is 0 Å². The molecule has 0 saturated heterocycles. The van der Waals surface area contributed by atoms with Crippen molar-refractivity contribution < 1.29 is 0 Å². The summed E-state index contributed by atoms with van der Waals surface area (Å²) in [5.74, 6) is 0. The van der Waals surface area contributed by atoms with Crippen LogP contribution in [0.4, 0.5) is 0 Å². The predicted molar refractivity (Wildman–Crippen MR) is 84.8 cm³/mol. The van der Waals surface area contributed by atoms with E-state index in [-0.39, 0.29) is 0 Å². The number of nitrogens with one attached hydrogen (secondary N) is 1. The highest BCUT2D eigenvalue weighted by atomic mass is 79.9. The predicted octanol–water partition coefficient (Wildman–Crippen LogP) is 4.62. The van der Waals surface area contributed by atoms with E-state index in [1.807, 2.05) is 11.3 Å². The molecular weight excluding hydrogens is 318 g/mol. The van der Waals surface area contributed by atoms with Gasteiger partial charge >= 0.3 is 0 Å². The molecule has 2 aromatic rings. The number of hydrogen-bond donors (Lipinski definition) is 1. The van der Waals surface area contributed by atoms with Crippen molar-refractivity contribution in [3.8, 4) is 10.4 Å². The van der Waals surface area contributed by atoms with Crippen LogP contribution in [0.2, 0.25) is 0 Å². The second kappa shape index (κ2) is 4.18. The molecule has 1 aromatic carbocycles. The van der Waals surface area contributed by atoms with Gasteiger partial charge in [0, 0.05) is 32.7 Å². The molecule has 0 amide bonds. The largest absolute Gasteiger partial charge is 0.311 e. The minimum Gasteiger partial charge on any atom is -0.311 e. The number of halogens is 1. The van der Waals surface area contributed by atoms with E-state index in [4.69, 9.17) is 0 Å². The summed E-state index contributed by atoms with van der Waals surface area (Å²) in [6, 6.07) is 9.14. The highest BCUT2D eigenvalue weighted by Gasteiger charge is 2.47. The van der Waals surface area contributed by atoms with Gasteiger partial charge in [0.05, 0.1) is 0 Å². The lowest BCUT2D eigenvalue weighted by Gasteiger charge is -2.22. The second-order valence-corrected chi connectivity index (χ2v) is 7.79. The third-order valence-electron chi connectivity index (χ3n) is 4.44. The van der Waals surface area contributed by atoms with E-state index in [1.165, 1.54) is 39.9 Å². The Labute approximate surface area is 126 Å². The quantitative estimate of drug-likeness (QED) is 0.802. The molecule has 2 aliphatic rings. The van der Waals surface area contributed by atoms with Gasteiger partial charge < -0.3 is 5.32 Å². The lowest BCUT2D eigenvalue weighted by molar-refractivity contribution is 0.539. The van der Waals surface area contributed by atoms with Crippen molar-refractivity contribution in [1.82, 2.24) is 5.32 Å². The lowest BCUT2D eigenvalue weighted by atomic mass is 9.93. The van der Waals surface area contributed by atoms with E-state index in [2.05, 4.69) is 52.4 Å². The van der Waals surface area contributed by atoms with Gasteiger partial charge in [0.2, 0.25) is 0 Å². The topological polar surface area (TPSA) is 12.0 Å². The molecule has 98 valence electrons. The van der Waals surface area contributed by atoms with E-state index in [1.54, 1.807) is 10.4 Å². The van der Waals surface area contributed by atoms with Gasteiger partial charge in [-0.2, -0.15) is 0 Å². The fraction of sp³-hybridized carbons (Fsp3) is 0.375. The Kier molecular flexibility index (Phi) is 2.66. The van der Waals surface area contributed by atoms with Gasteiger partial charge in [-0.25, -0.2) is 0 Å². The molecule has 3 heteroatoms. The van der Waals surface area contributed by atoms with Crippen LogP contribution in [-0.2, 0) is 12.0 Å². The van der Waals surface area contributed by atoms with E-state index in [0.717, 1.165) is 6.54 Å². The summed E-state index contributed by atoms with van der Waals surface area (Å²) < 4.78 is 1.20. The van der Waals surface area contributed by atoms with E-state index < -0.39 is 0 Å². The van der Waals surface area contributed by atoms with Crippen LogP contribution in [0, 0.1) is 6.92 Å². The van der Waals surface area contributed by atoms with Crippen LogP contribution < -0.4 is 5.32 Å². The molecule has 1 aliphatic heterocycles. The fourth-order valence-electron chi connectivity index (χ4n) is 3.00. The summed E-state index contributed by atoms with van der Waals surface area (Å²) >= 11 is 5.60. The molecule has 1 spiro atoms. The molecule has 1 N–H and O–H groups in total. The molecule has 1 fully saturated rings. The van der Waals surface area contributed by atoms with Gasteiger partial charge in [-0.1, -0.05) is 28.1 Å². The highest BCUT2D eigenvalue weighted by Crippen LogP contribution is 2.53. The van der Waals surface area contributed by atoms with E-state index in [0.29, 0.717) is 5.41 Å². The number of aryl methyl sites for hydroxylation is 1. The zero-order chi connectivity index (χ0) is 13.0. The molecule has 0 unspecified atom stereocenters. The molecular formula is C16H16BrNS. The third-order valence-corrected chi connectivity index (χ3v) is 6.48. The van der Waals surface area contributed by atoms with Gasteiger partial charge in [-0.3, -0.25) is 0 Å². The second-order valence-electron chi connectivity index (χ2n) is 5.80. The third kappa shape index (κ3) is 1.91. The van der Waals surface area contributed by atoms with Crippen LogP contribution in [0.1, 0.15) is 28.8 Å². The number of rotatable bonds is 1. The molecule has 2 heterocycles. The standard InChI is InChI=1S/C16H16BrNS/c1-10-2-3-11(6-13(10)17)14-7-12-15(19-14)8-18-9-16(12)4-5-16/h2-3,6-7,18H,4-5,8-9H2,1H3. The zero-order valence-electron chi connectivity index (χ0n) is 10.9. The summed E-state index contributed by atoms with van der Waals surface area (Å²) in [7, 11) is 0. The summed E-state index contributed by atoms with van der Waals surface area (Å²) in [6.07, 6.45) is 2.72. The van der Waals surface area contributed by atoms with E-state index >= 15 is 0 Å². The molecule has 4 rings (SSSR count). The van der Waals surface area contributed by atoms with Crippen LogP contribution in [0.3, 0.4) is 0 Å². The van der Waals surface area contributed by atoms with Crippen LogP contribution in [-0.4, -0.2) is 6.54 Å². The van der Waals surface area contributed by atoms with Gasteiger partial charge in [0.15, 0.2) is 0 Å². The summed E-state index contributed by atoms with van der Waals surface area (Å²) in [6.45, 7) is 4.36. The maximum absolute atomic E-state index is 3.64. The van der Waals surface area contributed by atoms with Crippen molar-refractivity contribution in [1.29, 1.82) is 0 Å². The fourth-order valence-corrected chi connectivity index (χ4v) is 4.63. The normalized spacial score (nSPS) is 19.5. The summed E-state index contributed by atoms with van der Waals surface area (Å²) in [5, 5.41) is 3.58. The number of hydrogen-bond acceptors (Lipinski definition) is 2. The lowest BCUT2D eigenvalue weighted by Crippen LogP contribution is -2.31. The first-order chi connectivity index (χ1) is 9.18. The van der Waals surface area contributed by atoms with Gasteiger partial charge in [0.25, 0.3) is 0 Å². The minimum atomic E-state index is 0.490. The Balaban J connectivity index is 1.80. The Morgan fingerprint density at radius 1 is 1.26 bits per heavy atom. The summed E-state index contributed by atoms with van der Waals surface area (Å²) in [5.41, 5.74) is 4.76. The Bertz CT molecular complexity index is 655. The maximum Gasteiger partial charge on any atom is 0.0349 e. The average Bonchev–Trinajstić information content (AvgIpc) is 3.01. The first-order valence-electron chi connectivity index (χ1n) is 6.78. The van der Waals surface area contributed by atoms with Crippen LogP contribution in [0.15, 0.2) is 28.7 Å². The summed E-state index contributed by atoms with van der Waals surface area (Å²) in [4.78, 5) is 2.97. The Hall–Kier alpha value is -0.640. The van der Waals surface area contributed by atoms with Crippen molar-refractivity contribution in [3.63, 3.8) is 0 Å². The molecule has 1 saturated carbocycles. The van der Waals surface area contributed by atoms with Crippen molar-refractivity contribution in [2.45, 2.75) is 31.7 Å². The Morgan fingerprint density at radius 2 is 2.11 bits per heavy atom. The SMILES string of the molecule is Cc1ccc(-c2cc3c(s2)CNCC32CC2)cc1Br. The molecule has 0 radical (unpaired) electrons. The number of benzene rings is 1. The van der Waals surface area contributed by atoms with Crippen LogP contribution in [0.5, 0.6) is 0 Å². The number of thiophene rings is 1. The van der Waals surface area contributed by atoms with Crippen molar-refractivity contribution in [2.75, 3.05) is 6.54 Å². The molecule has 1 aromatic heterocycles. The highest BCUT2D eigenvalue weighted by molar-refractivity contribution is 9.10. The van der Waals surface area contributed by atoms with Gasteiger partial charge in [0.1, 0.15) is 0 Å². The van der Waals surface area contributed by atoms with Crippen LogP contribution >= 0.6 is 27.3 Å². The van der Waals surface area contributed by atoms with Crippen molar-refractivity contribution in [3.05, 3.63) is 44.7 Å².